The first-order chi connectivity index (χ1) is 8.15. The lowest BCUT2D eigenvalue weighted by Crippen LogP contribution is -2.47. The molecule has 1 heterocycles. The molecule has 1 aromatic rings. The molecule has 1 atom stereocenters. The van der Waals surface area contributed by atoms with Gasteiger partial charge in [0.15, 0.2) is 12.4 Å². The maximum atomic E-state index is 11.4. The van der Waals surface area contributed by atoms with E-state index in [9.17, 15) is 9.59 Å². The van der Waals surface area contributed by atoms with Crippen molar-refractivity contribution in [1.29, 1.82) is 0 Å². The third-order valence-electron chi connectivity index (χ3n) is 1.87. The van der Waals surface area contributed by atoms with Crippen LogP contribution < -0.4 is 11.1 Å². The number of hydrogen-bond donors (Lipinski definition) is 2. The van der Waals surface area contributed by atoms with Crippen molar-refractivity contribution in [3.63, 3.8) is 0 Å². The molecular weight excluding hydrogens is 228 g/mol. The second-order valence-corrected chi connectivity index (χ2v) is 3.11. The predicted octanol–water partition coefficient (Wildman–Crippen LogP) is -1.38. The van der Waals surface area contributed by atoms with Gasteiger partial charge in [-0.2, -0.15) is 4.98 Å². The van der Waals surface area contributed by atoms with Crippen LogP contribution in [0.2, 0.25) is 0 Å². The molecule has 0 aliphatic rings. The highest BCUT2D eigenvalue weighted by atomic mass is 16.5. The molecule has 3 N–H and O–H groups in total. The molecule has 0 saturated heterocycles. The van der Waals surface area contributed by atoms with Crippen LogP contribution in [-0.2, 0) is 20.7 Å². The van der Waals surface area contributed by atoms with Crippen LogP contribution in [0.1, 0.15) is 12.8 Å². The second kappa shape index (κ2) is 6.59. The number of aromatic nitrogens is 2. The van der Waals surface area contributed by atoms with Gasteiger partial charge in [-0.1, -0.05) is 5.16 Å². The van der Waals surface area contributed by atoms with Gasteiger partial charge in [-0.05, 0) is 6.92 Å². The molecule has 94 valence electrons. The summed E-state index contributed by atoms with van der Waals surface area (Å²) in [6.45, 7) is 2.08. The minimum absolute atomic E-state index is 0.182. The number of ether oxygens (including phenoxy) is 1. The highest BCUT2D eigenvalue weighted by Gasteiger charge is 2.22. The van der Waals surface area contributed by atoms with Crippen LogP contribution >= 0.6 is 0 Å². The van der Waals surface area contributed by atoms with Crippen LogP contribution in [0.25, 0.3) is 0 Å². The molecular formula is C9H14N4O4. The number of rotatable bonds is 6. The lowest BCUT2D eigenvalue weighted by Gasteiger charge is -2.10. The van der Waals surface area contributed by atoms with Crippen LogP contribution in [0, 0.1) is 0 Å². The Balaban J connectivity index is 2.27. The van der Waals surface area contributed by atoms with Crippen molar-refractivity contribution in [1.82, 2.24) is 15.5 Å². The summed E-state index contributed by atoms with van der Waals surface area (Å²) in [5.41, 5.74) is 5.37. The molecule has 0 aliphatic heterocycles. The molecule has 0 saturated carbocycles. The van der Waals surface area contributed by atoms with Crippen LogP contribution in [0.3, 0.4) is 0 Å². The Morgan fingerprint density at radius 3 is 3.00 bits per heavy atom. The number of amides is 1. The molecule has 1 amide bonds. The maximum Gasteiger partial charge on any atom is 0.332 e. The van der Waals surface area contributed by atoms with E-state index < -0.39 is 17.9 Å². The largest absolute Gasteiger partial charge is 0.464 e. The van der Waals surface area contributed by atoms with Crippen molar-refractivity contribution < 1.29 is 18.8 Å². The monoisotopic (exact) mass is 242 g/mol. The number of esters is 1. The van der Waals surface area contributed by atoms with E-state index in [1.165, 1.54) is 6.33 Å². The van der Waals surface area contributed by atoms with E-state index in [0.29, 0.717) is 12.3 Å². The zero-order valence-electron chi connectivity index (χ0n) is 9.38. The molecule has 8 heteroatoms. The van der Waals surface area contributed by atoms with E-state index in [-0.39, 0.29) is 13.2 Å². The summed E-state index contributed by atoms with van der Waals surface area (Å²) in [5.74, 6) is -0.944. The topological polar surface area (TPSA) is 120 Å². The first-order valence-electron chi connectivity index (χ1n) is 5.10. The van der Waals surface area contributed by atoms with Crippen LogP contribution in [-0.4, -0.2) is 41.2 Å². The smallest absolute Gasteiger partial charge is 0.332 e. The van der Waals surface area contributed by atoms with Gasteiger partial charge in [-0.3, -0.25) is 4.79 Å². The van der Waals surface area contributed by atoms with Gasteiger partial charge in [-0.25, -0.2) is 4.79 Å². The standard InChI is InChI=1S/C9H14N4O4/c1-2-16-9(15)7(10)8(14)11-4-3-6-12-5-13-17-6/h5,7H,2-4,10H2,1H3,(H,11,14). The molecule has 0 aromatic carbocycles. The van der Waals surface area contributed by atoms with E-state index in [1.54, 1.807) is 6.92 Å². The Morgan fingerprint density at radius 1 is 1.65 bits per heavy atom. The highest BCUT2D eigenvalue weighted by molar-refractivity contribution is 6.01. The molecule has 0 radical (unpaired) electrons. The van der Waals surface area contributed by atoms with Gasteiger partial charge in [-0.15, -0.1) is 0 Å². The molecule has 1 unspecified atom stereocenters. The lowest BCUT2D eigenvalue weighted by molar-refractivity contribution is -0.147. The maximum absolute atomic E-state index is 11.4. The summed E-state index contributed by atoms with van der Waals surface area (Å²) in [7, 11) is 0. The van der Waals surface area contributed by atoms with Crippen LogP contribution in [0.4, 0.5) is 0 Å². The lowest BCUT2D eigenvalue weighted by atomic mass is 10.3. The highest BCUT2D eigenvalue weighted by Crippen LogP contribution is 1.91. The van der Waals surface area contributed by atoms with Gasteiger partial charge in [0.05, 0.1) is 6.61 Å². The zero-order chi connectivity index (χ0) is 12.7. The number of hydrogen-bond acceptors (Lipinski definition) is 7. The summed E-state index contributed by atoms with van der Waals surface area (Å²) in [6.07, 6.45) is 1.64. The van der Waals surface area contributed by atoms with Crippen molar-refractivity contribution >= 4 is 11.9 Å². The Bertz CT molecular complexity index is 365. The molecule has 0 fully saturated rings. The number of carbonyl (C=O) groups excluding carboxylic acids is 2. The van der Waals surface area contributed by atoms with Gasteiger partial charge in [0.25, 0.3) is 0 Å². The minimum atomic E-state index is -1.31. The van der Waals surface area contributed by atoms with E-state index >= 15 is 0 Å². The molecule has 1 aromatic heterocycles. The molecule has 0 spiro atoms. The fraction of sp³-hybridized carbons (Fsp3) is 0.556. The van der Waals surface area contributed by atoms with Crippen LogP contribution in [0.15, 0.2) is 10.9 Å². The van der Waals surface area contributed by atoms with Crippen molar-refractivity contribution in [3.8, 4) is 0 Å². The van der Waals surface area contributed by atoms with Crippen molar-refractivity contribution in [2.45, 2.75) is 19.4 Å². The van der Waals surface area contributed by atoms with Gasteiger partial charge in [0.2, 0.25) is 11.8 Å². The van der Waals surface area contributed by atoms with Gasteiger partial charge in [0, 0.05) is 13.0 Å². The van der Waals surface area contributed by atoms with Crippen molar-refractivity contribution in [2.24, 2.45) is 5.73 Å². The van der Waals surface area contributed by atoms with Gasteiger partial charge < -0.3 is 20.3 Å². The Hall–Kier alpha value is -1.96. The summed E-state index contributed by atoms with van der Waals surface area (Å²) >= 11 is 0. The average molecular weight is 242 g/mol. The summed E-state index contributed by atoms with van der Waals surface area (Å²) in [5, 5.41) is 5.88. The van der Waals surface area contributed by atoms with Gasteiger partial charge in [0.1, 0.15) is 0 Å². The molecule has 17 heavy (non-hydrogen) atoms. The summed E-state index contributed by atoms with van der Waals surface area (Å²) in [6, 6.07) is -1.31. The second-order valence-electron chi connectivity index (χ2n) is 3.11. The summed E-state index contributed by atoms with van der Waals surface area (Å²) in [4.78, 5) is 26.3. The quantitative estimate of drug-likeness (QED) is 0.465. The van der Waals surface area contributed by atoms with Crippen molar-refractivity contribution in [2.75, 3.05) is 13.2 Å². The SMILES string of the molecule is CCOC(=O)C(N)C(=O)NCCc1ncno1. The van der Waals surface area contributed by atoms with Gasteiger partial charge >= 0.3 is 5.97 Å². The average Bonchev–Trinajstić information content (AvgIpc) is 2.81. The van der Waals surface area contributed by atoms with E-state index in [0.717, 1.165) is 0 Å². The molecule has 0 bridgehead atoms. The van der Waals surface area contributed by atoms with E-state index in [1.807, 2.05) is 0 Å². The molecule has 8 nitrogen and oxygen atoms in total. The van der Waals surface area contributed by atoms with E-state index in [4.69, 9.17) is 10.3 Å². The Morgan fingerprint density at radius 2 is 2.41 bits per heavy atom. The Kier molecular flexibility index (Phi) is 5.08. The number of nitrogens with zero attached hydrogens (tertiary/aromatic N) is 2. The molecule has 1 rings (SSSR count). The van der Waals surface area contributed by atoms with Crippen molar-refractivity contribution in [3.05, 3.63) is 12.2 Å². The fourth-order valence-electron chi connectivity index (χ4n) is 1.05. The minimum Gasteiger partial charge on any atom is -0.464 e. The summed E-state index contributed by atoms with van der Waals surface area (Å²) < 4.78 is 9.34. The predicted molar refractivity (Wildman–Crippen MR) is 55.6 cm³/mol. The zero-order valence-corrected chi connectivity index (χ0v) is 9.38. The normalized spacial score (nSPS) is 11.9. The van der Waals surface area contributed by atoms with Crippen LogP contribution in [0.5, 0.6) is 0 Å². The fourth-order valence-corrected chi connectivity index (χ4v) is 1.05. The first kappa shape index (κ1) is 13.1. The Labute approximate surface area is 97.5 Å². The first-order valence-corrected chi connectivity index (χ1v) is 5.10. The molecule has 0 aliphatic carbocycles. The number of nitrogens with one attached hydrogen (secondary N) is 1. The third kappa shape index (κ3) is 4.19. The number of carbonyl (C=O) groups is 2. The van der Waals surface area contributed by atoms with E-state index in [2.05, 4.69) is 20.2 Å². The number of nitrogens with two attached hydrogens (primary N) is 1. The third-order valence-corrected chi connectivity index (χ3v) is 1.87.